The summed E-state index contributed by atoms with van der Waals surface area (Å²) >= 11 is 1.62. The molecule has 0 atom stereocenters. The second-order valence-corrected chi connectivity index (χ2v) is 7.22. The highest BCUT2D eigenvalue weighted by Gasteiger charge is 2.19. The van der Waals surface area contributed by atoms with Crippen LogP contribution in [-0.4, -0.2) is 26.5 Å². The maximum Gasteiger partial charge on any atom is 0.260 e. The molecule has 2 N–H and O–H groups in total. The molecule has 0 aromatic carbocycles. The van der Waals surface area contributed by atoms with Gasteiger partial charge in [-0.15, -0.1) is 11.3 Å². The van der Waals surface area contributed by atoms with E-state index < -0.39 is 10.0 Å². The predicted octanol–water partition coefficient (Wildman–Crippen LogP) is 2.49. The van der Waals surface area contributed by atoms with E-state index in [0.717, 1.165) is 11.3 Å². The summed E-state index contributed by atoms with van der Waals surface area (Å²) < 4.78 is 27.3. The van der Waals surface area contributed by atoms with Crippen LogP contribution in [0.3, 0.4) is 0 Å². The van der Waals surface area contributed by atoms with Crippen LogP contribution >= 0.6 is 11.3 Å². The Morgan fingerprint density at radius 2 is 2.10 bits per heavy atom. The van der Waals surface area contributed by atoms with Gasteiger partial charge >= 0.3 is 0 Å². The van der Waals surface area contributed by atoms with Crippen molar-refractivity contribution in [2.75, 3.05) is 18.4 Å². The average molecular weight is 325 g/mol. The van der Waals surface area contributed by atoms with E-state index in [-0.39, 0.29) is 5.03 Å². The zero-order chi connectivity index (χ0) is 15.1. The van der Waals surface area contributed by atoms with Gasteiger partial charge in [-0.3, -0.25) is 0 Å². The number of hydrogen-bond donors (Lipinski definition) is 2. The highest BCUT2D eigenvalue weighted by atomic mass is 32.2. The number of nitrogens with one attached hydrogen (secondary N) is 2. The third kappa shape index (κ3) is 4.52. The van der Waals surface area contributed by atoms with Gasteiger partial charge in [0, 0.05) is 24.2 Å². The third-order valence-electron chi connectivity index (χ3n) is 2.83. The van der Waals surface area contributed by atoms with E-state index in [9.17, 15) is 8.42 Å². The fourth-order valence-electron chi connectivity index (χ4n) is 1.83. The van der Waals surface area contributed by atoms with Crippen LogP contribution in [-0.2, 0) is 16.4 Å². The maximum atomic E-state index is 12.3. The summed E-state index contributed by atoms with van der Waals surface area (Å²) in [5.74, 6) is 0. The lowest BCUT2D eigenvalue weighted by Gasteiger charge is -2.11. The minimum Gasteiger partial charge on any atom is -0.383 e. The van der Waals surface area contributed by atoms with Crippen molar-refractivity contribution >= 4 is 27.0 Å². The first-order valence-electron chi connectivity index (χ1n) is 6.84. The molecule has 2 aromatic heterocycles. The molecule has 0 aliphatic carbocycles. The molecular weight excluding hydrogens is 306 g/mol. The molecule has 5 nitrogen and oxygen atoms in total. The van der Waals surface area contributed by atoms with E-state index >= 15 is 0 Å². The Kier molecular flexibility index (Phi) is 5.72. The SMILES string of the molecule is CCCNc1cccnc1S(=O)(=O)NCCc1cccs1. The van der Waals surface area contributed by atoms with Crippen LogP contribution in [0.15, 0.2) is 40.9 Å². The Labute approximate surface area is 129 Å². The summed E-state index contributed by atoms with van der Waals surface area (Å²) in [5.41, 5.74) is 0.544. The monoisotopic (exact) mass is 325 g/mol. The average Bonchev–Trinajstić information content (AvgIpc) is 2.98. The van der Waals surface area contributed by atoms with Crippen LogP contribution in [0.4, 0.5) is 5.69 Å². The first-order chi connectivity index (χ1) is 10.1. The molecule has 0 fully saturated rings. The molecule has 21 heavy (non-hydrogen) atoms. The second kappa shape index (κ2) is 7.53. The molecule has 0 radical (unpaired) electrons. The first-order valence-corrected chi connectivity index (χ1v) is 9.20. The quantitative estimate of drug-likeness (QED) is 0.782. The lowest BCUT2D eigenvalue weighted by atomic mass is 10.3. The van der Waals surface area contributed by atoms with Crippen LogP contribution in [0, 0.1) is 0 Å². The van der Waals surface area contributed by atoms with Gasteiger partial charge in [-0.1, -0.05) is 13.0 Å². The normalized spacial score (nSPS) is 11.5. The summed E-state index contributed by atoms with van der Waals surface area (Å²) in [6, 6.07) is 7.41. The summed E-state index contributed by atoms with van der Waals surface area (Å²) in [7, 11) is -3.59. The Balaban J connectivity index is 2.04. The molecule has 2 rings (SSSR count). The molecule has 2 heterocycles. The van der Waals surface area contributed by atoms with E-state index in [0.29, 0.717) is 25.2 Å². The van der Waals surface area contributed by atoms with Gasteiger partial charge in [-0.25, -0.2) is 18.1 Å². The molecule has 0 amide bonds. The van der Waals surface area contributed by atoms with E-state index in [4.69, 9.17) is 0 Å². The van der Waals surface area contributed by atoms with Gasteiger partial charge in [0.1, 0.15) is 0 Å². The first kappa shape index (κ1) is 15.9. The Morgan fingerprint density at radius 3 is 2.81 bits per heavy atom. The molecule has 2 aromatic rings. The zero-order valence-electron chi connectivity index (χ0n) is 11.9. The summed E-state index contributed by atoms with van der Waals surface area (Å²) in [4.78, 5) is 5.16. The van der Waals surface area contributed by atoms with Crippen molar-refractivity contribution in [2.24, 2.45) is 0 Å². The highest BCUT2D eigenvalue weighted by Crippen LogP contribution is 2.18. The minimum absolute atomic E-state index is 0.0598. The molecule has 0 unspecified atom stereocenters. The molecule has 7 heteroatoms. The fourth-order valence-corrected chi connectivity index (χ4v) is 3.68. The van der Waals surface area contributed by atoms with Gasteiger partial charge in [-0.2, -0.15) is 0 Å². The summed E-state index contributed by atoms with van der Waals surface area (Å²) in [6.45, 7) is 3.10. The molecule has 114 valence electrons. The molecule has 0 bridgehead atoms. The maximum absolute atomic E-state index is 12.3. The van der Waals surface area contributed by atoms with E-state index in [1.807, 2.05) is 24.4 Å². The lowest BCUT2D eigenvalue weighted by Crippen LogP contribution is -2.27. The molecule has 0 aliphatic heterocycles. The molecule has 0 saturated heterocycles. The molecule has 0 aliphatic rings. The van der Waals surface area contributed by atoms with Gasteiger partial charge in [0.25, 0.3) is 10.0 Å². The number of aromatic nitrogens is 1. The predicted molar refractivity (Wildman–Crippen MR) is 86.2 cm³/mol. The number of anilines is 1. The smallest absolute Gasteiger partial charge is 0.260 e. The highest BCUT2D eigenvalue weighted by molar-refractivity contribution is 7.89. The Bertz CT molecular complexity index is 655. The number of hydrogen-bond acceptors (Lipinski definition) is 5. The number of nitrogens with zero attached hydrogens (tertiary/aromatic N) is 1. The largest absolute Gasteiger partial charge is 0.383 e. The number of rotatable bonds is 8. The van der Waals surface area contributed by atoms with E-state index in [2.05, 4.69) is 15.0 Å². The van der Waals surface area contributed by atoms with Crippen molar-refractivity contribution in [3.8, 4) is 0 Å². The van der Waals surface area contributed by atoms with Crippen LogP contribution in [0.25, 0.3) is 0 Å². The van der Waals surface area contributed by atoms with Crippen molar-refractivity contribution in [2.45, 2.75) is 24.8 Å². The standard InChI is InChI=1S/C14H19N3O2S2/c1-2-8-15-13-6-3-9-16-14(13)21(18,19)17-10-7-12-5-4-11-20-12/h3-6,9,11,15,17H,2,7-8,10H2,1H3. The Hall–Kier alpha value is -1.44. The van der Waals surface area contributed by atoms with Gasteiger partial charge in [0.2, 0.25) is 0 Å². The zero-order valence-corrected chi connectivity index (χ0v) is 13.5. The Morgan fingerprint density at radius 1 is 1.24 bits per heavy atom. The number of sulfonamides is 1. The number of pyridine rings is 1. The van der Waals surface area contributed by atoms with Crippen molar-refractivity contribution in [3.05, 3.63) is 40.7 Å². The summed E-state index contributed by atoms with van der Waals surface area (Å²) in [5, 5.41) is 5.13. The van der Waals surface area contributed by atoms with Crippen molar-refractivity contribution < 1.29 is 8.42 Å². The van der Waals surface area contributed by atoms with Gasteiger partial charge in [0.05, 0.1) is 5.69 Å². The minimum atomic E-state index is -3.59. The number of thiophene rings is 1. The van der Waals surface area contributed by atoms with Crippen LogP contribution in [0.5, 0.6) is 0 Å². The molecule has 0 saturated carbocycles. The second-order valence-electron chi connectivity index (χ2n) is 4.51. The molecule has 0 spiro atoms. The molecular formula is C14H19N3O2S2. The van der Waals surface area contributed by atoms with Gasteiger partial charge in [0.15, 0.2) is 5.03 Å². The van der Waals surface area contributed by atoms with Crippen LogP contribution in [0.1, 0.15) is 18.2 Å². The van der Waals surface area contributed by atoms with E-state index in [1.54, 1.807) is 23.5 Å². The van der Waals surface area contributed by atoms with Gasteiger partial charge in [-0.05, 0) is 36.4 Å². The van der Waals surface area contributed by atoms with Gasteiger partial charge < -0.3 is 5.32 Å². The third-order valence-corrected chi connectivity index (χ3v) is 5.19. The van der Waals surface area contributed by atoms with Crippen molar-refractivity contribution in [1.82, 2.24) is 9.71 Å². The van der Waals surface area contributed by atoms with Crippen LogP contribution < -0.4 is 10.0 Å². The lowest BCUT2D eigenvalue weighted by molar-refractivity contribution is 0.578. The summed E-state index contributed by atoms with van der Waals surface area (Å²) in [6.07, 6.45) is 3.09. The fraction of sp³-hybridized carbons (Fsp3) is 0.357. The van der Waals surface area contributed by atoms with Crippen molar-refractivity contribution in [3.63, 3.8) is 0 Å². The van der Waals surface area contributed by atoms with E-state index in [1.165, 1.54) is 6.20 Å². The van der Waals surface area contributed by atoms with Crippen molar-refractivity contribution in [1.29, 1.82) is 0 Å². The van der Waals surface area contributed by atoms with Crippen LogP contribution in [0.2, 0.25) is 0 Å². The topological polar surface area (TPSA) is 71.1 Å².